The zero-order valence-corrected chi connectivity index (χ0v) is 14.5. The summed E-state index contributed by atoms with van der Waals surface area (Å²) in [4.78, 5) is 16.2. The van der Waals surface area contributed by atoms with Crippen LogP contribution < -0.4 is 5.32 Å². The van der Waals surface area contributed by atoms with E-state index >= 15 is 0 Å². The minimum atomic E-state index is -0.155. The molecule has 0 spiro atoms. The molecule has 1 aromatic heterocycles. The molecular formula is C17H21ClN4O3. The molecule has 0 unspecified atom stereocenters. The fourth-order valence-electron chi connectivity index (χ4n) is 2.71. The monoisotopic (exact) mass is 364 g/mol. The normalized spacial score (nSPS) is 20.4. The Balaban J connectivity index is 1.47. The molecule has 0 bridgehead atoms. The van der Waals surface area contributed by atoms with Crippen LogP contribution in [0.1, 0.15) is 24.2 Å². The van der Waals surface area contributed by atoms with Gasteiger partial charge in [0, 0.05) is 19.4 Å². The van der Waals surface area contributed by atoms with Gasteiger partial charge in [-0.05, 0) is 23.6 Å². The van der Waals surface area contributed by atoms with Gasteiger partial charge >= 0.3 is 0 Å². The summed E-state index contributed by atoms with van der Waals surface area (Å²) in [7, 11) is 0. The number of aromatic amines is 1. The second kappa shape index (κ2) is 8.94. The van der Waals surface area contributed by atoms with Crippen molar-refractivity contribution < 1.29 is 14.3 Å². The Hall–Kier alpha value is -1.96. The number of benzene rings is 1. The number of hydrogen-bond donors (Lipinski definition) is 2. The smallest absolute Gasteiger partial charge is 0.242 e. The third-order valence-electron chi connectivity index (χ3n) is 4.05. The summed E-state index contributed by atoms with van der Waals surface area (Å²) in [6.07, 6.45) is 1.36. The van der Waals surface area contributed by atoms with Crippen molar-refractivity contribution in [3.8, 4) is 0 Å². The number of hydrogen-bond acceptors (Lipinski definition) is 5. The highest BCUT2D eigenvalue weighted by Gasteiger charge is 2.28. The van der Waals surface area contributed by atoms with Gasteiger partial charge in [-0.2, -0.15) is 0 Å². The molecule has 1 fully saturated rings. The number of carbonyl (C=O) groups is 1. The molecule has 1 aromatic carbocycles. The summed E-state index contributed by atoms with van der Waals surface area (Å²) in [5.74, 6) is 0.553. The highest BCUT2D eigenvalue weighted by Crippen LogP contribution is 2.14. The van der Waals surface area contributed by atoms with Crippen molar-refractivity contribution in [2.24, 2.45) is 0 Å². The van der Waals surface area contributed by atoms with Crippen LogP contribution in [0.25, 0.3) is 0 Å². The maximum atomic E-state index is 12.2. The lowest BCUT2D eigenvalue weighted by Crippen LogP contribution is -2.50. The van der Waals surface area contributed by atoms with E-state index in [0.29, 0.717) is 38.5 Å². The molecule has 2 N–H and O–H groups in total. The van der Waals surface area contributed by atoms with Gasteiger partial charge in [0.1, 0.15) is 11.9 Å². The number of amides is 1. The second-order valence-electron chi connectivity index (χ2n) is 5.92. The number of nitrogens with zero attached hydrogens (tertiary/aromatic N) is 2. The third kappa shape index (κ3) is 5.52. The van der Waals surface area contributed by atoms with E-state index in [4.69, 9.17) is 21.1 Å². The maximum Gasteiger partial charge on any atom is 0.242 e. The molecule has 134 valence electrons. The highest BCUT2D eigenvalue weighted by molar-refractivity contribution is 6.28. The minimum Gasteiger partial charge on any atom is -0.379 e. The van der Waals surface area contributed by atoms with Crippen molar-refractivity contribution in [1.82, 2.24) is 20.5 Å². The molecule has 0 radical (unpaired) electrons. The Morgan fingerprint density at radius 3 is 3.00 bits per heavy atom. The van der Waals surface area contributed by atoms with Gasteiger partial charge in [0.2, 0.25) is 11.2 Å². The first kappa shape index (κ1) is 17.8. The lowest BCUT2D eigenvalue weighted by molar-refractivity contribution is -0.126. The summed E-state index contributed by atoms with van der Waals surface area (Å²) < 4.78 is 11.5. The third-order valence-corrected chi connectivity index (χ3v) is 4.22. The van der Waals surface area contributed by atoms with Gasteiger partial charge in [-0.1, -0.05) is 30.3 Å². The lowest BCUT2D eigenvalue weighted by Gasteiger charge is -2.32. The van der Waals surface area contributed by atoms with Gasteiger partial charge in [0.25, 0.3) is 0 Å². The first-order valence-corrected chi connectivity index (χ1v) is 8.68. The number of rotatable bonds is 7. The van der Waals surface area contributed by atoms with Crippen molar-refractivity contribution in [1.29, 1.82) is 0 Å². The molecule has 2 heterocycles. The standard InChI is InChI=1S/C17H21ClN4O3/c18-17-20-15(21-22-17)6-7-16(23)19-13-8-9-24-11-14(13)25-10-12-4-2-1-3-5-12/h1-5,13-14H,6-11H2,(H,19,23)(H,20,21,22)/t13-,14-/m1/s1. The number of nitrogens with one attached hydrogen (secondary N) is 2. The van der Waals surface area contributed by atoms with Crippen LogP contribution in [0.3, 0.4) is 0 Å². The van der Waals surface area contributed by atoms with E-state index in [1.807, 2.05) is 30.3 Å². The number of carbonyl (C=O) groups excluding carboxylic acids is 1. The molecule has 1 amide bonds. The Bertz CT molecular complexity index is 680. The first-order chi connectivity index (χ1) is 12.2. The SMILES string of the molecule is O=C(CCc1nc(Cl)n[nH]1)N[C@@H]1CCOC[C@H]1OCc1ccccc1. The van der Waals surface area contributed by atoms with Crippen LogP contribution >= 0.6 is 11.6 Å². The summed E-state index contributed by atoms with van der Waals surface area (Å²) in [5.41, 5.74) is 1.10. The maximum absolute atomic E-state index is 12.2. The van der Waals surface area contributed by atoms with Crippen molar-refractivity contribution in [2.45, 2.75) is 38.0 Å². The topological polar surface area (TPSA) is 89.1 Å². The van der Waals surface area contributed by atoms with E-state index in [0.717, 1.165) is 12.0 Å². The Morgan fingerprint density at radius 2 is 2.24 bits per heavy atom. The van der Waals surface area contributed by atoms with Crippen LogP contribution in [0.5, 0.6) is 0 Å². The number of ether oxygens (including phenoxy) is 2. The van der Waals surface area contributed by atoms with Crippen molar-refractivity contribution in [3.63, 3.8) is 0 Å². The Morgan fingerprint density at radius 1 is 1.40 bits per heavy atom. The van der Waals surface area contributed by atoms with Gasteiger partial charge < -0.3 is 14.8 Å². The average Bonchev–Trinajstić information content (AvgIpc) is 3.05. The fraction of sp³-hybridized carbons (Fsp3) is 0.471. The predicted molar refractivity (Wildman–Crippen MR) is 92.1 cm³/mol. The Kier molecular flexibility index (Phi) is 6.38. The van der Waals surface area contributed by atoms with Crippen LogP contribution in [-0.4, -0.2) is 46.4 Å². The molecule has 0 aliphatic carbocycles. The fourth-order valence-corrected chi connectivity index (χ4v) is 2.86. The molecule has 2 atom stereocenters. The van der Waals surface area contributed by atoms with E-state index in [1.165, 1.54) is 0 Å². The van der Waals surface area contributed by atoms with Crippen LogP contribution in [0, 0.1) is 0 Å². The molecule has 3 rings (SSSR count). The summed E-state index contributed by atoms with van der Waals surface area (Å²) in [6, 6.07) is 9.90. The van der Waals surface area contributed by atoms with Crippen LogP contribution in [-0.2, 0) is 27.3 Å². The van der Waals surface area contributed by atoms with Crippen LogP contribution in [0.2, 0.25) is 5.28 Å². The lowest BCUT2D eigenvalue weighted by atomic mass is 10.1. The van der Waals surface area contributed by atoms with Crippen molar-refractivity contribution in [2.75, 3.05) is 13.2 Å². The summed E-state index contributed by atoms with van der Waals surface area (Å²) >= 11 is 5.65. The van der Waals surface area contributed by atoms with Gasteiger partial charge in [-0.15, -0.1) is 5.10 Å². The molecule has 25 heavy (non-hydrogen) atoms. The van der Waals surface area contributed by atoms with Gasteiger partial charge in [0.15, 0.2) is 0 Å². The number of H-pyrrole nitrogens is 1. The zero-order chi connectivity index (χ0) is 17.5. The van der Waals surface area contributed by atoms with E-state index in [-0.39, 0.29) is 23.3 Å². The highest BCUT2D eigenvalue weighted by atomic mass is 35.5. The van der Waals surface area contributed by atoms with Gasteiger partial charge in [-0.3, -0.25) is 9.89 Å². The van der Waals surface area contributed by atoms with E-state index in [1.54, 1.807) is 0 Å². The van der Waals surface area contributed by atoms with Crippen molar-refractivity contribution >= 4 is 17.5 Å². The molecular weight excluding hydrogens is 344 g/mol. The zero-order valence-electron chi connectivity index (χ0n) is 13.8. The van der Waals surface area contributed by atoms with Crippen LogP contribution in [0.15, 0.2) is 30.3 Å². The molecule has 1 saturated heterocycles. The molecule has 0 saturated carbocycles. The van der Waals surface area contributed by atoms with Gasteiger partial charge in [0.05, 0.1) is 19.3 Å². The molecule has 7 nitrogen and oxygen atoms in total. The quantitative estimate of drug-likeness (QED) is 0.783. The first-order valence-electron chi connectivity index (χ1n) is 8.30. The number of halogens is 1. The van der Waals surface area contributed by atoms with E-state index < -0.39 is 0 Å². The summed E-state index contributed by atoms with van der Waals surface area (Å²) in [5, 5.41) is 9.64. The number of aryl methyl sites for hydroxylation is 1. The van der Waals surface area contributed by atoms with E-state index in [2.05, 4.69) is 20.5 Å². The van der Waals surface area contributed by atoms with E-state index in [9.17, 15) is 4.79 Å². The molecule has 8 heteroatoms. The second-order valence-corrected chi connectivity index (χ2v) is 6.26. The van der Waals surface area contributed by atoms with Crippen LogP contribution in [0.4, 0.5) is 0 Å². The predicted octanol–water partition coefficient (Wildman–Crippen LogP) is 1.88. The number of aromatic nitrogens is 3. The molecule has 1 aliphatic rings. The Labute approximate surface area is 151 Å². The van der Waals surface area contributed by atoms with Gasteiger partial charge in [-0.25, -0.2) is 4.98 Å². The summed E-state index contributed by atoms with van der Waals surface area (Å²) in [6.45, 7) is 1.60. The molecule has 1 aliphatic heterocycles. The average molecular weight is 365 g/mol. The largest absolute Gasteiger partial charge is 0.379 e. The minimum absolute atomic E-state index is 0.0484. The molecule has 2 aromatic rings. The van der Waals surface area contributed by atoms with Crippen molar-refractivity contribution in [3.05, 3.63) is 47.0 Å².